The average Bonchev–Trinajstić information content (AvgIpc) is 3.67. The number of rotatable bonds is 9. The molecule has 2 aromatic carbocycles. The van der Waals surface area contributed by atoms with E-state index in [-0.39, 0.29) is 47.9 Å². The van der Waals surface area contributed by atoms with Gasteiger partial charge in [-0.1, -0.05) is 18.7 Å². The standard InChI is InChI=1S/C33H30F2N4O5S2/c1-5-28(40)38-18-22-16-26(37-39(22)17-19(38)2)32-30(29-25(35)14-21(34)15-27(29)44-12-11-43-3)33-24(10-13-45-33)31(36-32)20-6-8-23(9-7-20)46(4,41)42/h5-10,13-16,19H,1,11-12,17-18H2,2-4H3/t19-/m1/s1. The zero-order valence-corrected chi connectivity index (χ0v) is 26.9. The molecule has 46 heavy (non-hydrogen) atoms. The SMILES string of the molecule is C=CC(=O)N1Cc2cc(-c3nc(-c4ccc(S(C)(=O)=O)cc4)c4ccsc4c3-c3c(F)cc(F)cc3OCCOC)nn2C[C@H]1C. The first-order valence-corrected chi connectivity index (χ1v) is 17.1. The van der Waals surface area contributed by atoms with Crippen LogP contribution in [0, 0.1) is 11.6 Å². The van der Waals surface area contributed by atoms with E-state index in [0.29, 0.717) is 44.8 Å². The van der Waals surface area contributed by atoms with Crippen LogP contribution in [0.3, 0.4) is 0 Å². The molecule has 0 saturated carbocycles. The number of hydrogen-bond donors (Lipinski definition) is 0. The highest BCUT2D eigenvalue weighted by Gasteiger charge is 2.30. The molecule has 0 radical (unpaired) electrons. The molecule has 0 spiro atoms. The van der Waals surface area contributed by atoms with Gasteiger partial charge in [0.05, 0.1) is 41.5 Å². The van der Waals surface area contributed by atoms with Crippen molar-refractivity contribution in [3.63, 3.8) is 0 Å². The van der Waals surface area contributed by atoms with Gasteiger partial charge in [-0.05, 0) is 42.6 Å². The quantitative estimate of drug-likeness (QED) is 0.138. The summed E-state index contributed by atoms with van der Waals surface area (Å²) in [6, 6.07) is 11.8. The van der Waals surface area contributed by atoms with E-state index in [1.807, 2.05) is 24.4 Å². The first-order valence-electron chi connectivity index (χ1n) is 14.3. The van der Waals surface area contributed by atoms with Crippen LogP contribution in [0.2, 0.25) is 0 Å². The monoisotopic (exact) mass is 664 g/mol. The molecule has 0 fully saturated rings. The van der Waals surface area contributed by atoms with Crippen LogP contribution >= 0.6 is 11.3 Å². The van der Waals surface area contributed by atoms with Crippen LogP contribution in [0.5, 0.6) is 5.75 Å². The zero-order chi connectivity index (χ0) is 32.7. The lowest BCUT2D eigenvalue weighted by atomic mass is 9.96. The van der Waals surface area contributed by atoms with Gasteiger partial charge in [0.2, 0.25) is 5.91 Å². The Morgan fingerprint density at radius 1 is 1.11 bits per heavy atom. The summed E-state index contributed by atoms with van der Waals surface area (Å²) in [6.07, 6.45) is 2.41. The van der Waals surface area contributed by atoms with Crippen LogP contribution in [0.4, 0.5) is 8.78 Å². The summed E-state index contributed by atoms with van der Waals surface area (Å²) < 4.78 is 68.2. The molecule has 0 saturated heterocycles. The Hall–Kier alpha value is -4.46. The molecule has 9 nitrogen and oxygen atoms in total. The molecule has 5 aromatic rings. The second-order valence-electron chi connectivity index (χ2n) is 11.0. The average molecular weight is 665 g/mol. The van der Waals surface area contributed by atoms with Crippen LogP contribution in [-0.2, 0) is 32.5 Å². The fraction of sp³-hybridized carbons (Fsp3) is 0.242. The van der Waals surface area contributed by atoms with E-state index in [9.17, 15) is 17.6 Å². The number of sulfone groups is 1. The summed E-state index contributed by atoms with van der Waals surface area (Å²) in [5.41, 5.74) is 3.04. The van der Waals surface area contributed by atoms with Gasteiger partial charge in [0.1, 0.15) is 35.4 Å². The molecular formula is C33H30F2N4O5S2. The molecular weight excluding hydrogens is 635 g/mol. The lowest BCUT2D eigenvalue weighted by molar-refractivity contribution is -0.129. The second-order valence-corrected chi connectivity index (χ2v) is 13.9. The van der Waals surface area contributed by atoms with Crippen molar-refractivity contribution in [2.45, 2.75) is 31.0 Å². The van der Waals surface area contributed by atoms with Crippen LogP contribution < -0.4 is 4.74 Å². The number of carbonyl (C=O) groups is 1. The van der Waals surface area contributed by atoms with Gasteiger partial charge < -0.3 is 14.4 Å². The van der Waals surface area contributed by atoms with E-state index in [0.717, 1.165) is 24.1 Å². The third kappa shape index (κ3) is 5.81. The third-order valence-corrected chi connectivity index (χ3v) is 9.90. The largest absolute Gasteiger partial charge is 0.490 e. The summed E-state index contributed by atoms with van der Waals surface area (Å²) in [4.78, 5) is 19.5. The maximum absolute atomic E-state index is 16.0. The number of amides is 1. The number of aromatic nitrogens is 3. The van der Waals surface area contributed by atoms with Crippen LogP contribution in [0.15, 0.2) is 71.5 Å². The maximum atomic E-state index is 16.0. The third-order valence-electron chi connectivity index (χ3n) is 7.84. The lowest BCUT2D eigenvalue weighted by Gasteiger charge is -2.33. The molecule has 0 aliphatic carbocycles. The number of carbonyl (C=O) groups excluding carboxylic acids is 1. The zero-order valence-electron chi connectivity index (χ0n) is 25.3. The van der Waals surface area contributed by atoms with Crippen molar-refractivity contribution in [2.75, 3.05) is 26.6 Å². The van der Waals surface area contributed by atoms with Crippen molar-refractivity contribution < 1.29 is 31.5 Å². The molecule has 0 N–H and O–H groups in total. The molecule has 1 aliphatic rings. The minimum Gasteiger partial charge on any atom is -0.490 e. The summed E-state index contributed by atoms with van der Waals surface area (Å²) in [5.74, 6) is -1.85. The van der Waals surface area contributed by atoms with Crippen molar-refractivity contribution in [3.8, 4) is 39.5 Å². The first kappa shape index (κ1) is 31.5. The minimum absolute atomic E-state index is 0.0158. The van der Waals surface area contributed by atoms with Crippen molar-refractivity contribution in [1.29, 1.82) is 0 Å². The molecule has 0 bridgehead atoms. The van der Waals surface area contributed by atoms with Gasteiger partial charge in [0, 0.05) is 52.8 Å². The molecule has 1 amide bonds. The van der Waals surface area contributed by atoms with Gasteiger partial charge in [0.15, 0.2) is 9.84 Å². The highest BCUT2D eigenvalue weighted by molar-refractivity contribution is 7.90. The molecule has 1 atom stereocenters. The normalized spacial score (nSPS) is 14.8. The molecule has 4 heterocycles. The van der Waals surface area contributed by atoms with Crippen LogP contribution in [0.25, 0.3) is 43.9 Å². The number of thiophene rings is 1. The smallest absolute Gasteiger partial charge is 0.246 e. The fourth-order valence-corrected chi connectivity index (χ4v) is 7.19. The Labute approximate surface area is 268 Å². The van der Waals surface area contributed by atoms with Crippen LogP contribution in [-0.4, -0.2) is 66.6 Å². The number of fused-ring (bicyclic) bond motifs is 2. The minimum atomic E-state index is -3.43. The van der Waals surface area contributed by atoms with Gasteiger partial charge in [0.25, 0.3) is 0 Å². The second kappa shape index (κ2) is 12.4. The highest BCUT2D eigenvalue weighted by Crippen LogP contribution is 2.47. The Morgan fingerprint density at radius 2 is 1.87 bits per heavy atom. The summed E-state index contributed by atoms with van der Waals surface area (Å²) >= 11 is 1.35. The van der Waals surface area contributed by atoms with Gasteiger partial charge in [-0.25, -0.2) is 22.2 Å². The topological polar surface area (TPSA) is 104 Å². The Kier molecular flexibility index (Phi) is 8.49. The lowest BCUT2D eigenvalue weighted by Crippen LogP contribution is -2.44. The molecule has 1 aliphatic heterocycles. The fourth-order valence-electron chi connectivity index (χ4n) is 5.61. The number of hydrogen-bond acceptors (Lipinski definition) is 8. The van der Waals surface area contributed by atoms with Gasteiger partial charge in [-0.2, -0.15) is 5.10 Å². The van der Waals surface area contributed by atoms with E-state index in [2.05, 4.69) is 6.58 Å². The van der Waals surface area contributed by atoms with E-state index in [1.54, 1.807) is 21.7 Å². The van der Waals surface area contributed by atoms with Crippen molar-refractivity contribution in [2.24, 2.45) is 0 Å². The van der Waals surface area contributed by atoms with E-state index >= 15 is 4.39 Å². The van der Waals surface area contributed by atoms with Crippen LogP contribution in [0.1, 0.15) is 12.6 Å². The number of pyridine rings is 1. The number of nitrogens with zero attached hydrogens (tertiary/aromatic N) is 4. The van der Waals surface area contributed by atoms with Crippen molar-refractivity contribution in [1.82, 2.24) is 19.7 Å². The van der Waals surface area contributed by atoms with Gasteiger partial charge in [-0.3, -0.25) is 9.48 Å². The van der Waals surface area contributed by atoms with E-state index in [4.69, 9.17) is 19.6 Å². The van der Waals surface area contributed by atoms with E-state index < -0.39 is 21.5 Å². The molecule has 238 valence electrons. The predicted octanol–water partition coefficient (Wildman–Crippen LogP) is 6.12. The van der Waals surface area contributed by atoms with Gasteiger partial charge in [-0.15, -0.1) is 11.3 Å². The molecule has 3 aromatic heterocycles. The number of halogens is 2. The van der Waals surface area contributed by atoms with Crippen molar-refractivity contribution >= 4 is 37.2 Å². The maximum Gasteiger partial charge on any atom is 0.246 e. The number of methoxy groups -OCH3 is 1. The highest BCUT2D eigenvalue weighted by atomic mass is 32.2. The number of ether oxygens (including phenoxy) is 2. The Bertz CT molecular complexity index is 2090. The molecule has 0 unspecified atom stereocenters. The number of benzene rings is 2. The predicted molar refractivity (Wildman–Crippen MR) is 172 cm³/mol. The first-order chi connectivity index (χ1) is 22.0. The van der Waals surface area contributed by atoms with Crippen molar-refractivity contribution in [3.05, 3.63) is 83.9 Å². The van der Waals surface area contributed by atoms with E-state index in [1.165, 1.54) is 36.7 Å². The van der Waals surface area contributed by atoms with Gasteiger partial charge >= 0.3 is 0 Å². The summed E-state index contributed by atoms with van der Waals surface area (Å²) in [7, 11) is -1.93. The molecule has 13 heteroatoms. The summed E-state index contributed by atoms with van der Waals surface area (Å²) in [6.45, 7) is 6.49. The Balaban J connectivity index is 1.62. The Morgan fingerprint density at radius 3 is 2.57 bits per heavy atom. The summed E-state index contributed by atoms with van der Waals surface area (Å²) in [5, 5.41) is 7.39. The molecule has 6 rings (SSSR count).